The average Bonchev–Trinajstić information content (AvgIpc) is 2.85. The highest BCUT2D eigenvalue weighted by Crippen LogP contribution is 2.27. The molecule has 0 amide bonds. The fourth-order valence-corrected chi connectivity index (χ4v) is 5.13. The van der Waals surface area contributed by atoms with E-state index in [2.05, 4.69) is 52.9 Å². The molecule has 1 aromatic heterocycles. The minimum Gasteiger partial charge on any atom is -0.315 e. The van der Waals surface area contributed by atoms with Crippen molar-refractivity contribution in [2.75, 3.05) is 24.3 Å². The van der Waals surface area contributed by atoms with Crippen molar-refractivity contribution in [2.45, 2.75) is 37.6 Å². The molecule has 0 aliphatic carbocycles. The molecule has 1 N–H and O–H groups in total. The summed E-state index contributed by atoms with van der Waals surface area (Å²) >= 11 is 4.17. The Bertz CT molecular complexity index is 350. The predicted octanol–water partition coefficient (Wildman–Crippen LogP) is 1.67. The third kappa shape index (κ3) is 3.65. The van der Waals surface area contributed by atoms with Gasteiger partial charge in [-0.15, -0.1) is 0 Å². The van der Waals surface area contributed by atoms with Crippen LogP contribution in [0, 0.1) is 0 Å². The van der Waals surface area contributed by atoms with Crippen LogP contribution in [-0.2, 0) is 13.0 Å². The van der Waals surface area contributed by atoms with E-state index >= 15 is 0 Å². The van der Waals surface area contributed by atoms with Crippen LogP contribution in [0.2, 0.25) is 0 Å². The summed E-state index contributed by atoms with van der Waals surface area (Å²) in [5.74, 6) is 4.93. The summed E-state index contributed by atoms with van der Waals surface area (Å²) in [5.41, 5.74) is 0. The number of hydrogen-bond donors (Lipinski definition) is 1. The summed E-state index contributed by atoms with van der Waals surface area (Å²) in [6.07, 6.45) is 3.77. The highest BCUT2D eigenvalue weighted by atomic mass is 32.2. The molecule has 1 aliphatic heterocycles. The normalized spacial score (nSPS) is 22.0. The van der Waals surface area contributed by atoms with Crippen LogP contribution in [0.5, 0.6) is 0 Å². The number of nitrogens with zero attached hydrogens (tertiary/aromatic N) is 3. The van der Waals surface area contributed by atoms with Crippen LogP contribution in [0.4, 0.5) is 0 Å². The Hall–Kier alpha value is -0.200. The van der Waals surface area contributed by atoms with Crippen LogP contribution >= 0.6 is 23.5 Å². The van der Waals surface area contributed by atoms with Crippen LogP contribution < -0.4 is 5.32 Å². The number of likely N-dealkylation sites (N-methyl/N-ethyl adjacent to an activating group) is 1. The molecule has 2 heterocycles. The van der Waals surface area contributed by atoms with Gasteiger partial charge in [-0.2, -0.15) is 28.6 Å². The Balaban J connectivity index is 1.98. The lowest BCUT2D eigenvalue weighted by Gasteiger charge is -2.29. The lowest BCUT2D eigenvalue weighted by molar-refractivity contribution is 0.502. The molecule has 1 saturated heterocycles. The Morgan fingerprint density at radius 1 is 1.56 bits per heavy atom. The highest BCUT2D eigenvalue weighted by molar-refractivity contribution is 8.06. The molecule has 2 atom stereocenters. The Morgan fingerprint density at radius 3 is 3.11 bits per heavy atom. The standard InChI is InChI=1S/C12H22N4S2/c1-3-4-16-12(14-9-15-16)7-10(13-2)11-8-17-5-6-18-11/h9-11,13H,3-8H2,1-2H3. The van der Waals surface area contributed by atoms with Gasteiger partial charge in [0.1, 0.15) is 12.2 Å². The molecule has 0 aromatic carbocycles. The maximum Gasteiger partial charge on any atom is 0.138 e. The van der Waals surface area contributed by atoms with E-state index in [4.69, 9.17) is 0 Å². The van der Waals surface area contributed by atoms with Crippen molar-refractivity contribution in [3.63, 3.8) is 0 Å². The van der Waals surface area contributed by atoms with Gasteiger partial charge in [0.05, 0.1) is 0 Å². The first-order chi connectivity index (χ1) is 8.85. The van der Waals surface area contributed by atoms with Gasteiger partial charge in [0, 0.05) is 41.5 Å². The molecule has 4 nitrogen and oxygen atoms in total. The average molecular weight is 286 g/mol. The SMILES string of the molecule is CCCn1ncnc1CC(NC)C1CSCCS1. The van der Waals surface area contributed by atoms with Crippen LogP contribution in [0.1, 0.15) is 19.2 Å². The largest absolute Gasteiger partial charge is 0.315 e. The number of nitrogens with one attached hydrogen (secondary N) is 1. The molecule has 0 saturated carbocycles. The molecule has 18 heavy (non-hydrogen) atoms. The van der Waals surface area contributed by atoms with Crippen molar-refractivity contribution in [1.29, 1.82) is 0 Å². The van der Waals surface area contributed by atoms with Crippen LogP contribution in [-0.4, -0.2) is 50.4 Å². The van der Waals surface area contributed by atoms with Gasteiger partial charge in [0.25, 0.3) is 0 Å². The number of aromatic nitrogens is 3. The van der Waals surface area contributed by atoms with E-state index in [1.54, 1.807) is 6.33 Å². The van der Waals surface area contributed by atoms with E-state index in [1.807, 2.05) is 4.68 Å². The molecule has 0 bridgehead atoms. The Labute approximate surface area is 118 Å². The third-order valence-corrected chi connectivity index (χ3v) is 6.12. The molecule has 1 aromatic rings. The van der Waals surface area contributed by atoms with Gasteiger partial charge in [-0.1, -0.05) is 6.92 Å². The second-order valence-corrected chi connectivity index (χ2v) is 6.98. The molecule has 1 fully saturated rings. The summed E-state index contributed by atoms with van der Waals surface area (Å²) < 4.78 is 2.05. The molecule has 0 spiro atoms. The summed E-state index contributed by atoms with van der Waals surface area (Å²) in [6.45, 7) is 3.15. The lowest BCUT2D eigenvalue weighted by Crippen LogP contribution is -2.41. The van der Waals surface area contributed by atoms with Crippen molar-refractivity contribution in [3.05, 3.63) is 12.2 Å². The fraction of sp³-hybridized carbons (Fsp3) is 0.833. The molecule has 2 unspecified atom stereocenters. The molecular formula is C12H22N4S2. The van der Waals surface area contributed by atoms with E-state index < -0.39 is 0 Å². The van der Waals surface area contributed by atoms with Crippen molar-refractivity contribution in [3.8, 4) is 0 Å². The number of aryl methyl sites for hydroxylation is 1. The maximum atomic E-state index is 4.41. The van der Waals surface area contributed by atoms with E-state index in [0.717, 1.165) is 25.2 Å². The van der Waals surface area contributed by atoms with Gasteiger partial charge in [-0.3, -0.25) is 4.68 Å². The second kappa shape index (κ2) is 7.40. The Morgan fingerprint density at radius 2 is 2.44 bits per heavy atom. The van der Waals surface area contributed by atoms with E-state index in [9.17, 15) is 0 Å². The van der Waals surface area contributed by atoms with Crippen LogP contribution in [0.25, 0.3) is 0 Å². The number of hydrogen-bond acceptors (Lipinski definition) is 5. The van der Waals surface area contributed by atoms with Gasteiger partial charge >= 0.3 is 0 Å². The van der Waals surface area contributed by atoms with Crippen molar-refractivity contribution in [2.24, 2.45) is 0 Å². The van der Waals surface area contributed by atoms with Crippen LogP contribution in [0.15, 0.2) is 6.33 Å². The van der Waals surface area contributed by atoms with Crippen molar-refractivity contribution >= 4 is 23.5 Å². The van der Waals surface area contributed by atoms with E-state index in [1.165, 1.54) is 17.3 Å². The molecular weight excluding hydrogens is 264 g/mol. The highest BCUT2D eigenvalue weighted by Gasteiger charge is 2.25. The summed E-state index contributed by atoms with van der Waals surface area (Å²) in [7, 11) is 2.06. The minimum absolute atomic E-state index is 0.502. The first kappa shape index (κ1) is 14.2. The molecule has 2 rings (SSSR count). The summed E-state index contributed by atoms with van der Waals surface area (Å²) in [5, 5.41) is 8.46. The Kier molecular flexibility index (Phi) is 5.85. The quantitative estimate of drug-likeness (QED) is 0.861. The maximum absolute atomic E-state index is 4.41. The number of thioether (sulfide) groups is 2. The molecule has 6 heteroatoms. The third-order valence-electron chi connectivity index (χ3n) is 3.19. The van der Waals surface area contributed by atoms with Gasteiger partial charge in [-0.25, -0.2) is 4.98 Å². The number of rotatable bonds is 6. The minimum atomic E-state index is 0.502. The van der Waals surface area contributed by atoms with E-state index in [0.29, 0.717) is 11.3 Å². The zero-order valence-corrected chi connectivity index (χ0v) is 12.8. The monoisotopic (exact) mass is 286 g/mol. The molecule has 102 valence electrons. The predicted molar refractivity (Wildman–Crippen MR) is 80.4 cm³/mol. The lowest BCUT2D eigenvalue weighted by atomic mass is 10.1. The van der Waals surface area contributed by atoms with Gasteiger partial charge in [0.15, 0.2) is 0 Å². The first-order valence-electron chi connectivity index (χ1n) is 6.58. The smallest absolute Gasteiger partial charge is 0.138 e. The zero-order valence-electron chi connectivity index (χ0n) is 11.1. The zero-order chi connectivity index (χ0) is 12.8. The fourth-order valence-electron chi connectivity index (χ4n) is 2.20. The van der Waals surface area contributed by atoms with Crippen molar-refractivity contribution < 1.29 is 0 Å². The topological polar surface area (TPSA) is 42.7 Å². The van der Waals surface area contributed by atoms with Gasteiger partial charge in [-0.05, 0) is 13.5 Å². The molecule has 1 aliphatic rings. The summed E-state index contributed by atoms with van der Waals surface area (Å²) in [6, 6.07) is 0.502. The van der Waals surface area contributed by atoms with E-state index in [-0.39, 0.29) is 0 Å². The van der Waals surface area contributed by atoms with Crippen molar-refractivity contribution in [1.82, 2.24) is 20.1 Å². The van der Waals surface area contributed by atoms with Crippen LogP contribution in [0.3, 0.4) is 0 Å². The first-order valence-corrected chi connectivity index (χ1v) is 8.78. The van der Waals surface area contributed by atoms with Gasteiger partial charge < -0.3 is 5.32 Å². The van der Waals surface area contributed by atoms with Gasteiger partial charge in [0.2, 0.25) is 0 Å². The second-order valence-electron chi connectivity index (χ2n) is 4.48. The summed E-state index contributed by atoms with van der Waals surface area (Å²) in [4.78, 5) is 4.41. The molecule has 0 radical (unpaired) electrons.